The Bertz CT molecular complexity index is 906. The molecule has 1 fully saturated rings. The molecule has 7 nitrogen and oxygen atoms in total. The van der Waals surface area contributed by atoms with Gasteiger partial charge in [0.15, 0.2) is 0 Å². The monoisotopic (exact) mass is 364 g/mol. The largest absolute Gasteiger partial charge is 0.359 e. The van der Waals surface area contributed by atoms with Crippen LogP contribution in [0.1, 0.15) is 59.8 Å². The predicted molar refractivity (Wildman–Crippen MR) is 104 cm³/mol. The minimum Gasteiger partial charge on any atom is -0.359 e. The van der Waals surface area contributed by atoms with Crippen molar-refractivity contribution >= 4 is 17.7 Å². The first-order valence-corrected chi connectivity index (χ1v) is 9.47. The van der Waals surface area contributed by atoms with E-state index in [9.17, 15) is 4.79 Å². The fraction of sp³-hybridized carbons (Fsp3) is 0.400. The zero-order valence-electron chi connectivity index (χ0n) is 15.5. The molecule has 1 saturated carbocycles. The van der Waals surface area contributed by atoms with Crippen LogP contribution in [0.4, 0.5) is 0 Å². The summed E-state index contributed by atoms with van der Waals surface area (Å²) < 4.78 is 0. The molecule has 0 aromatic carbocycles. The number of nitrogens with two attached hydrogens (primary N) is 1. The van der Waals surface area contributed by atoms with Gasteiger partial charge in [-0.25, -0.2) is 5.43 Å². The summed E-state index contributed by atoms with van der Waals surface area (Å²) in [5, 5.41) is 4.17. The van der Waals surface area contributed by atoms with Gasteiger partial charge >= 0.3 is 0 Å². The van der Waals surface area contributed by atoms with Crippen LogP contribution in [0.3, 0.4) is 0 Å². The van der Waals surface area contributed by atoms with E-state index in [2.05, 4.69) is 32.4 Å². The summed E-state index contributed by atoms with van der Waals surface area (Å²) in [5.41, 5.74) is 14.8. The van der Waals surface area contributed by atoms with Crippen molar-refractivity contribution in [1.82, 2.24) is 20.4 Å². The number of aromatic nitrogens is 3. The average molecular weight is 364 g/mol. The number of hydrogen-bond donors (Lipinski definition) is 3. The number of rotatable bonds is 5. The number of nitrogens with zero attached hydrogens (tertiary/aromatic N) is 3. The highest BCUT2D eigenvalue weighted by Gasteiger charge is 2.29. The van der Waals surface area contributed by atoms with E-state index in [4.69, 9.17) is 5.73 Å². The molecule has 1 aliphatic heterocycles. The van der Waals surface area contributed by atoms with Crippen molar-refractivity contribution in [2.24, 2.45) is 10.8 Å². The van der Waals surface area contributed by atoms with E-state index in [0.717, 1.165) is 17.8 Å². The van der Waals surface area contributed by atoms with Gasteiger partial charge in [0, 0.05) is 23.8 Å². The second-order valence-corrected chi connectivity index (χ2v) is 7.13. The van der Waals surface area contributed by atoms with Crippen molar-refractivity contribution in [2.45, 2.75) is 44.9 Å². The molecule has 1 aliphatic carbocycles. The fourth-order valence-corrected chi connectivity index (χ4v) is 4.20. The molecular formula is C20H24N6O. The molecule has 2 aromatic rings. The maximum absolute atomic E-state index is 12.4. The van der Waals surface area contributed by atoms with E-state index in [1.54, 1.807) is 18.6 Å². The van der Waals surface area contributed by atoms with Gasteiger partial charge in [-0.15, -0.1) is 0 Å². The van der Waals surface area contributed by atoms with E-state index < -0.39 is 0 Å². The van der Waals surface area contributed by atoms with Crippen molar-refractivity contribution in [3.8, 4) is 0 Å². The lowest BCUT2D eigenvalue weighted by Crippen LogP contribution is -2.14. The van der Waals surface area contributed by atoms with E-state index in [0.29, 0.717) is 29.4 Å². The van der Waals surface area contributed by atoms with E-state index in [1.807, 2.05) is 6.08 Å². The summed E-state index contributed by atoms with van der Waals surface area (Å²) in [6, 6.07) is 0. The maximum Gasteiger partial charge on any atom is 0.273 e. The van der Waals surface area contributed by atoms with Crippen LogP contribution in [0.2, 0.25) is 0 Å². The first-order chi connectivity index (χ1) is 13.2. The summed E-state index contributed by atoms with van der Waals surface area (Å²) in [5.74, 6) is 0.297. The third-order valence-electron chi connectivity index (χ3n) is 5.41. The normalized spacial score (nSPS) is 19.0. The fourth-order valence-electron chi connectivity index (χ4n) is 4.20. The van der Waals surface area contributed by atoms with Gasteiger partial charge < -0.3 is 10.7 Å². The molecule has 2 aromatic heterocycles. The Morgan fingerprint density at radius 2 is 2.11 bits per heavy atom. The van der Waals surface area contributed by atoms with Crippen LogP contribution in [0.25, 0.3) is 6.08 Å². The number of nitrogens with one attached hydrogen (secondary N) is 2. The van der Waals surface area contributed by atoms with Crippen LogP contribution in [0.15, 0.2) is 29.3 Å². The number of carbonyl (C=O) groups excluding carboxylic acids is 1. The highest BCUT2D eigenvalue weighted by molar-refractivity contribution is 6.32. The van der Waals surface area contributed by atoms with Gasteiger partial charge in [-0.3, -0.25) is 14.8 Å². The molecule has 140 valence electrons. The molecule has 1 amide bonds. The molecule has 0 saturated heterocycles. The van der Waals surface area contributed by atoms with Crippen molar-refractivity contribution in [2.75, 3.05) is 6.54 Å². The zero-order chi connectivity index (χ0) is 18.8. The number of amides is 1. The van der Waals surface area contributed by atoms with Crippen molar-refractivity contribution in [3.63, 3.8) is 0 Å². The van der Waals surface area contributed by atoms with E-state index >= 15 is 0 Å². The summed E-state index contributed by atoms with van der Waals surface area (Å²) >= 11 is 0. The minimum atomic E-state index is -0.222. The third kappa shape index (κ3) is 3.30. The molecule has 7 heteroatoms. The second kappa shape index (κ2) is 7.44. The molecule has 0 spiro atoms. The van der Waals surface area contributed by atoms with E-state index in [-0.39, 0.29) is 5.91 Å². The second-order valence-electron chi connectivity index (χ2n) is 7.13. The molecule has 4 rings (SSSR count). The average Bonchev–Trinajstić information content (AvgIpc) is 3.38. The number of aromatic amines is 1. The standard InChI is InChI=1S/C20H24N6O/c1-12-14(6-7-21)18(13-4-2-3-5-13)16(24-12)10-15-19(25-26-20(15)27)17-11-22-8-9-23-17/h8-11,13,24H,2-7,21H2,1H3,(H,26,27)/b15-10+. The number of H-pyrrole nitrogens is 1. The summed E-state index contributed by atoms with van der Waals surface area (Å²) in [7, 11) is 0. The highest BCUT2D eigenvalue weighted by atomic mass is 16.2. The molecular weight excluding hydrogens is 340 g/mol. The van der Waals surface area contributed by atoms with Gasteiger partial charge in [0.05, 0.1) is 11.8 Å². The van der Waals surface area contributed by atoms with Crippen LogP contribution in [0.5, 0.6) is 0 Å². The summed E-state index contributed by atoms with van der Waals surface area (Å²) in [4.78, 5) is 24.3. The Labute approximate surface area is 158 Å². The molecule has 0 bridgehead atoms. The Balaban J connectivity index is 1.79. The Morgan fingerprint density at radius 3 is 2.81 bits per heavy atom. The molecule has 0 unspecified atom stereocenters. The summed E-state index contributed by atoms with van der Waals surface area (Å²) in [6.45, 7) is 2.69. The van der Waals surface area contributed by atoms with Crippen molar-refractivity contribution in [3.05, 3.63) is 52.4 Å². The third-order valence-corrected chi connectivity index (χ3v) is 5.41. The lowest BCUT2D eigenvalue weighted by Gasteiger charge is -2.13. The molecule has 0 atom stereocenters. The minimum absolute atomic E-state index is 0.222. The van der Waals surface area contributed by atoms with Gasteiger partial charge in [0.2, 0.25) is 0 Å². The van der Waals surface area contributed by atoms with Crippen LogP contribution in [-0.2, 0) is 11.2 Å². The molecule has 4 N–H and O–H groups in total. The number of hydrazone groups is 1. The highest BCUT2D eigenvalue weighted by Crippen LogP contribution is 2.39. The number of hydrogen-bond acceptors (Lipinski definition) is 5. The molecule has 3 heterocycles. The van der Waals surface area contributed by atoms with Crippen molar-refractivity contribution < 1.29 is 4.79 Å². The van der Waals surface area contributed by atoms with Crippen LogP contribution in [0, 0.1) is 6.92 Å². The maximum atomic E-state index is 12.4. The van der Waals surface area contributed by atoms with Crippen molar-refractivity contribution in [1.29, 1.82) is 0 Å². The van der Waals surface area contributed by atoms with Gasteiger partial charge in [0.25, 0.3) is 5.91 Å². The van der Waals surface area contributed by atoms with Gasteiger partial charge in [-0.05, 0) is 55.9 Å². The number of aryl methyl sites for hydroxylation is 1. The van der Waals surface area contributed by atoms with Crippen LogP contribution < -0.4 is 11.2 Å². The predicted octanol–water partition coefficient (Wildman–Crippen LogP) is 2.19. The first kappa shape index (κ1) is 17.6. The zero-order valence-corrected chi connectivity index (χ0v) is 15.5. The lowest BCUT2D eigenvalue weighted by molar-refractivity contribution is -0.116. The van der Waals surface area contributed by atoms with Crippen LogP contribution >= 0.6 is 0 Å². The SMILES string of the molecule is Cc1[nH]c(/C=C2/C(=O)NN=C2c2cnccn2)c(C2CCCC2)c1CCN. The van der Waals surface area contributed by atoms with Gasteiger partial charge in [-0.2, -0.15) is 5.10 Å². The van der Waals surface area contributed by atoms with E-state index in [1.165, 1.54) is 36.8 Å². The Morgan fingerprint density at radius 1 is 1.30 bits per heavy atom. The molecule has 0 radical (unpaired) electrons. The quantitative estimate of drug-likeness (QED) is 0.707. The first-order valence-electron chi connectivity index (χ1n) is 9.47. The Hall–Kier alpha value is -2.80. The molecule has 27 heavy (non-hydrogen) atoms. The molecule has 2 aliphatic rings. The lowest BCUT2D eigenvalue weighted by atomic mass is 9.90. The van der Waals surface area contributed by atoms with Gasteiger partial charge in [-0.1, -0.05) is 12.8 Å². The van der Waals surface area contributed by atoms with Gasteiger partial charge in [0.1, 0.15) is 11.4 Å². The topological polar surface area (TPSA) is 109 Å². The number of carbonyl (C=O) groups is 1. The Kier molecular flexibility index (Phi) is 4.85. The van der Waals surface area contributed by atoms with Crippen LogP contribution in [-0.4, -0.2) is 33.1 Å². The summed E-state index contributed by atoms with van der Waals surface area (Å²) in [6.07, 6.45) is 12.4. The smallest absolute Gasteiger partial charge is 0.273 e.